The second-order valence-corrected chi connectivity index (χ2v) is 4.99. The van der Waals surface area contributed by atoms with E-state index in [0.717, 1.165) is 39.0 Å². The van der Waals surface area contributed by atoms with E-state index < -0.39 is 0 Å². The Morgan fingerprint density at radius 3 is 2.88 bits per heavy atom. The minimum Gasteiger partial charge on any atom is -0.377 e. The molecule has 0 bridgehead atoms. The predicted octanol–water partition coefficient (Wildman–Crippen LogP) is 2.10. The number of rotatable bonds is 6. The molecule has 3 heteroatoms. The first kappa shape index (κ1) is 13.7. The van der Waals surface area contributed by atoms with E-state index in [1.165, 1.54) is 0 Å². The highest BCUT2D eigenvalue weighted by Gasteiger charge is 2.22. The number of piperidine rings is 1. The predicted molar refractivity (Wildman–Crippen MR) is 65.6 cm³/mol. The highest BCUT2D eigenvalue weighted by Crippen LogP contribution is 2.14. The molecule has 94 valence electrons. The molecule has 1 heterocycles. The van der Waals surface area contributed by atoms with Crippen molar-refractivity contribution in [1.82, 2.24) is 4.90 Å². The van der Waals surface area contributed by atoms with E-state index in [9.17, 15) is 4.79 Å². The molecule has 1 fully saturated rings. The first-order valence-electron chi connectivity index (χ1n) is 6.50. The fraction of sp³-hybridized carbons (Fsp3) is 0.923. The molecule has 0 spiro atoms. The molecule has 1 unspecified atom stereocenters. The van der Waals surface area contributed by atoms with Gasteiger partial charge in [0.1, 0.15) is 5.78 Å². The Morgan fingerprint density at radius 2 is 2.25 bits per heavy atom. The molecular formula is C13H25NO2. The van der Waals surface area contributed by atoms with Gasteiger partial charge in [0.05, 0.1) is 12.6 Å². The molecular weight excluding hydrogens is 202 g/mol. The molecule has 0 N–H and O–H groups in total. The standard InChI is InChI=1S/C13H25NO2/c1-4-8-16-12-6-5-7-14(9-12)10-13(15)11(2)3/h11-12H,4-10H2,1-3H3. The molecule has 0 aromatic carbocycles. The number of ketones is 1. The second-order valence-electron chi connectivity index (χ2n) is 4.99. The summed E-state index contributed by atoms with van der Waals surface area (Å²) >= 11 is 0. The normalized spacial score (nSPS) is 22.6. The van der Waals surface area contributed by atoms with Crippen LogP contribution in [0, 0.1) is 5.92 Å². The molecule has 1 atom stereocenters. The minimum absolute atomic E-state index is 0.150. The third-order valence-electron chi connectivity index (χ3n) is 3.04. The number of likely N-dealkylation sites (tertiary alicyclic amines) is 1. The van der Waals surface area contributed by atoms with Gasteiger partial charge in [-0.3, -0.25) is 9.69 Å². The maximum Gasteiger partial charge on any atom is 0.149 e. The second kappa shape index (κ2) is 7.02. The summed E-state index contributed by atoms with van der Waals surface area (Å²) in [6.45, 7) is 9.49. The average molecular weight is 227 g/mol. The SMILES string of the molecule is CCCOC1CCCN(CC(=O)C(C)C)C1. The van der Waals surface area contributed by atoms with Crippen LogP contribution in [0.1, 0.15) is 40.0 Å². The lowest BCUT2D eigenvalue weighted by atomic mass is 10.1. The molecule has 1 aliphatic heterocycles. The maximum atomic E-state index is 11.6. The van der Waals surface area contributed by atoms with E-state index in [2.05, 4.69) is 11.8 Å². The van der Waals surface area contributed by atoms with Gasteiger partial charge in [-0.1, -0.05) is 20.8 Å². The molecule has 0 aliphatic carbocycles. The van der Waals surface area contributed by atoms with Gasteiger partial charge in [-0.05, 0) is 25.8 Å². The maximum absolute atomic E-state index is 11.6. The zero-order valence-electron chi connectivity index (χ0n) is 10.9. The first-order chi connectivity index (χ1) is 7.63. The molecule has 0 aromatic heterocycles. The highest BCUT2D eigenvalue weighted by atomic mass is 16.5. The number of hydrogen-bond donors (Lipinski definition) is 0. The first-order valence-corrected chi connectivity index (χ1v) is 6.50. The van der Waals surface area contributed by atoms with Crippen molar-refractivity contribution >= 4 is 5.78 Å². The van der Waals surface area contributed by atoms with Crippen LogP contribution in [0.2, 0.25) is 0 Å². The Labute approximate surface area is 99.1 Å². The number of carbonyl (C=O) groups excluding carboxylic acids is 1. The lowest BCUT2D eigenvalue weighted by Crippen LogP contribution is -2.43. The van der Waals surface area contributed by atoms with Gasteiger partial charge < -0.3 is 4.74 Å². The molecule has 1 rings (SSSR count). The summed E-state index contributed by atoms with van der Waals surface area (Å²) in [4.78, 5) is 13.9. The molecule has 0 radical (unpaired) electrons. The van der Waals surface area contributed by atoms with Crippen LogP contribution in [0.25, 0.3) is 0 Å². The average Bonchev–Trinajstić information content (AvgIpc) is 2.26. The summed E-state index contributed by atoms with van der Waals surface area (Å²) in [6, 6.07) is 0. The Kier molecular flexibility index (Phi) is 5.99. The summed E-state index contributed by atoms with van der Waals surface area (Å²) in [5, 5.41) is 0. The summed E-state index contributed by atoms with van der Waals surface area (Å²) in [6.07, 6.45) is 3.71. The van der Waals surface area contributed by atoms with Crippen molar-refractivity contribution < 1.29 is 9.53 Å². The quantitative estimate of drug-likeness (QED) is 0.696. The largest absolute Gasteiger partial charge is 0.377 e. The number of hydrogen-bond acceptors (Lipinski definition) is 3. The van der Waals surface area contributed by atoms with E-state index in [1.54, 1.807) is 0 Å². The monoisotopic (exact) mass is 227 g/mol. The lowest BCUT2D eigenvalue weighted by molar-refractivity contribution is -0.124. The molecule has 0 saturated carbocycles. The number of carbonyl (C=O) groups is 1. The Balaban J connectivity index is 2.30. The van der Waals surface area contributed by atoms with Gasteiger partial charge in [-0.15, -0.1) is 0 Å². The van der Waals surface area contributed by atoms with Crippen molar-refractivity contribution in [3.63, 3.8) is 0 Å². The van der Waals surface area contributed by atoms with Crippen molar-refractivity contribution in [2.75, 3.05) is 26.2 Å². The molecule has 1 aliphatic rings. The third kappa shape index (κ3) is 4.62. The highest BCUT2D eigenvalue weighted by molar-refractivity contribution is 5.82. The summed E-state index contributed by atoms with van der Waals surface area (Å²) in [5.74, 6) is 0.494. The molecule has 3 nitrogen and oxygen atoms in total. The van der Waals surface area contributed by atoms with Crippen LogP contribution in [0.5, 0.6) is 0 Å². The zero-order valence-corrected chi connectivity index (χ0v) is 10.9. The topological polar surface area (TPSA) is 29.5 Å². The fourth-order valence-corrected chi connectivity index (χ4v) is 1.98. The Hall–Kier alpha value is -0.410. The minimum atomic E-state index is 0.150. The lowest BCUT2D eigenvalue weighted by Gasteiger charge is -2.32. The summed E-state index contributed by atoms with van der Waals surface area (Å²) < 4.78 is 5.75. The van der Waals surface area contributed by atoms with Crippen LogP contribution >= 0.6 is 0 Å². The van der Waals surface area contributed by atoms with Gasteiger partial charge in [0, 0.05) is 19.1 Å². The van der Waals surface area contributed by atoms with Crippen molar-refractivity contribution in [1.29, 1.82) is 0 Å². The van der Waals surface area contributed by atoms with Crippen molar-refractivity contribution in [3.05, 3.63) is 0 Å². The number of Topliss-reactive ketones (excluding diaryl/α,β-unsaturated/α-hetero) is 1. The zero-order chi connectivity index (χ0) is 12.0. The van der Waals surface area contributed by atoms with Crippen molar-refractivity contribution in [2.45, 2.75) is 46.1 Å². The van der Waals surface area contributed by atoms with E-state index in [1.807, 2.05) is 13.8 Å². The van der Waals surface area contributed by atoms with Crippen LogP contribution < -0.4 is 0 Å². The van der Waals surface area contributed by atoms with Gasteiger partial charge in [-0.25, -0.2) is 0 Å². The molecule has 16 heavy (non-hydrogen) atoms. The Bertz CT molecular complexity index is 216. The van der Waals surface area contributed by atoms with E-state index in [-0.39, 0.29) is 5.92 Å². The van der Waals surface area contributed by atoms with Gasteiger partial charge in [-0.2, -0.15) is 0 Å². The van der Waals surface area contributed by atoms with Gasteiger partial charge in [0.25, 0.3) is 0 Å². The summed E-state index contributed by atoms with van der Waals surface area (Å²) in [5.41, 5.74) is 0. The van der Waals surface area contributed by atoms with Crippen molar-refractivity contribution in [2.24, 2.45) is 5.92 Å². The molecule has 1 saturated heterocycles. The van der Waals surface area contributed by atoms with Crippen LogP contribution in [0.3, 0.4) is 0 Å². The summed E-state index contributed by atoms with van der Waals surface area (Å²) in [7, 11) is 0. The van der Waals surface area contributed by atoms with Crippen LogP contribution in [-0.4, -0.2) is 43.0 Å². The number of ether oxygens (including phenoxy) is 1. The smallest absolute Gasteiger partial charge is 0.149 e. The molecule has 0 aromatic rings. The van der Waals surface area contributed by atoms with Gasteiger partial charge >= 0.3 is 0 Å². The Morgan fingerprint density at radius 1 is 1.50 bits per heavy atom. The van der Waals surface area contributed by atoms with Gasteiger partial charge in [0.2, 0.25) is 0 Å². The van der Waals surface area contributed by atoms with E-state index in [0.29, 0.717) is 18.4 Å². The van der Waals surface area contributed by atoms with Crippen molar-refractivity contribution in [3.8, 4) is 0 Å². The fourth-order valence-electron chi connectivity index (χ4n) is 1.98. The third-order valence-corrected chi connectivity index (χ3v) is 3.04. The van der Waals surface area contributed by atoms with E-state index in [4.69, 9.17) is 4.74 Å². The van der Waals surface area contributed by atoms with E-state index >= 15 is 0 Å². The van der Waals surface area contributed by atoms with Crippen LogP contribution in [-0.2, 0) is 9.53 Å². The van der Waals surface area contributed by atoms with Gasteiger partial charge in [0.15, 0.2) is 0 Å². The van der Waals surface area contributed by atoms with Crippen LogP contribution in [0.4, 0.5) is 0 Å². The van der Waals surface area contributed by atoms with Crippen LogP contribution in [0.15, 0.2) is 0 Å². The molecule has 0 amide bonds. The number of nitrogens with zero attached hydrogens (tertiary/aromatic N) is 1.